The second kappa shape index (κ2) is 6.64. The Kier molecular flexibility index (Phi) is 4.30. The summed E-state index contributed by atoms with van der Waals surface area (Å²) in [4.78, 5) is 15.8. The Balaban J connectivity index is 1.56. The van der Waals surface area contributed by atoms with Crippen molar-refractivity contribution >= 4 is 22.5 Å². The van der Waals surface area contributed by atoms with E-state index in [1.54, 1.807) is 12.1 Å². The first-order valence-corrected chi connectivity index (χ1v) is 8.79. The van der Waals surface area contributed by atoms with E-state index in [2.05, 4.69) is 15.8 Å². The Hall–Kier alpha value is -2.96. The van der Waals surface area contributed by atoms with Crippen molar-refractivity contribution in [2.24, 2.45) is 0 Å². The van der Waals surface area contributed by atoms with Crippen molar-refractivity contribution in [1.82, 2.24) is 10.4 Å². The Morgan fingerprint density at radius 2 is 1.81 bits per heavy atom. The van der Waals surface area contributed by atoms with Crippen LogP contribution in [0.2, 0.25) is 0 Å². The molecule has 0 unspecified atom stereocenters. The van der Waals surface area contributed by atoms with Gasteiger partial charge in [-0.1, -0.05) is 12.1 Å². The molecular formula is C20H18F3N3O. The van der Waals surface area contributed by atoms with Crippen LogP contribution in [0.25, 0.3) is 10.9 Å². The van der Waals surface area contributed by atoms with E-state index in [0.717, 1.165) is 42.7 Å². The molecule has 0 saturated heterocycles. The number of carbonyl (C=O) groups excluding carboxylic acids is 1. The fourth-order valence-electron chi connectivity index (χ4n) is 3.58. The number of nitrogens with one attached hydrogen (secondary N) is 3. The number of hydrogen-bond acceptors (Lipinski definition) is 2. The zero-order valence-electron chi connectivity index (χ0n) is 14.4. The maximum absolute atomic E-state index is 13.0. The zero-order valence-corrected chi connectivity index (χ0v) is 14.4. The Morgan fingerprint density at radius 1 is 1.04 bits per heavy atom. The van der Waals surface area contributed by atoms with E-state index >= 15 is 0 Å². The number of anilines is 1. The third-order valence-corrected chi connectivity index (χ3v) is 4.90. The lowest BCUT2D eigenvalue weighted by atomic mass is 9.95. The third-order valence-electron chi connectivity index (χ3n) is 4.90. The number of aromatic amines is 1. The second-order valence-electron chi connectivity index (χ2n) is 6.67. The highest BCUT2D eigenvalue weighted by molar-refractivity contribution is 5.99. The largest absolute Gasteiger partial charge is 0.418 e. The number of para-hydroxylation sites is 1. The van der Waals surface area contributed by atoms with Crippen molar-refractivity contribution in [3.05, 3.63) is 64.8 Å². The Labute approximate surface area is 153 Å². The van der Waals surface area contributed by atoms with Crippen LogP contribution in [0.1, 0.15) is 40.0 Å². The topological polar surface area (TPSA) is 56.9 Å². The molecule has 0 spiro atoms. The molecule has 4 rings (SSSR count). The van der Waals surface area contributed by atoms with E-state index in [4.69, 9.17) is 0 Å². The van der Waals surface area contributed by atoms with Crippen LogP contribution in [0.15, 0.2) is 42.5 Å². The standard InChI is InChI=1S/C20H18F3N3O/c21-20(22,23)15-6-2-4-8-18(15)25-26-19(27)12-9-10-17-14(11-12)13-5-1-3-7-16(13)24-17/h2,4,6,8-11,24-25H,1,3,5,7H2,(H,26,27). The maximum atomic E-state index is 13.0. The molecule has 0 atom stereocenters. The number of carbonyl (C=O) groups is 1. The summed E-state index contributed by atoms with van der Waals surface area (Å²) in [6.45, 7) is 0. The molecule has 3 aromatic rings. The van der Waals surface area contributed by atoms with Crippen molar-refractivity contribution in [1.29, 1.82) is 0 Å². The summed E-state index contributed by atoms with van der Waals surface area (Å²) in [7, 11) is 0. The van der Waals surface area contributed by atoms with Crippen LogP contribution in [-0.2, 0) is 19.0 Å². The van der Waals surface area contributed by atoms with Gasteiger partial charge in [0.05, 0.1) is 11.3 Å². The van der Waals surface area contributed by atoms with Crippen LogP contribution in [-0.4, -0.2) is 10.9 Å². The molecule has 0 bridgehead atoms. The maximum Gasteiger partial charge on any atom is 0.418 e. The lowest BCUT2D eigenvalue weighted by Gasteiger charge is -2.15. The van der Waals surface area contributed by atoms with E-state index in [0.29, 0.717) is 5.56 Å². The molecule has 2 aromatic carbocycles. The molecule has 3 N–H and O–H groups in total. The van der Waals surface area contributed by atoms with Gasteiger partial charge in [0.15, 0.2) is 0 Å². The van der Waals surface area contributed by atoms with Crippen molar-refractivity contribution in [3.8, 4) is 0 Å². The van der Waals surface area contributed by atoms with Crippen LogP contribution in [0.3, 0.4) is 0 Å². The predicted molar refractivity (Wildman–Crippen MR) is 97.5 cm³/mol. The first-order valence-electron chi connectivity index (χ1n) is 8.79. The van der Waals surface area contributed by atoms with E-state index in [1.807, 2.05) is 6.07 Å². The van der Waals surface area contributed by atoms with Crippen molar-refractivity contribution < 1.29 is 18.0 Å². The molecule has 7 heteroatoms. The van der Waals surface area contributed by atoms with Gasteiger partial charge in [-0.25, -0.2) is 0 Å². The summed E-state index contributed by atoms with van der Waals surface area (Å²) in [6, 6.07) is 10.3. The van der Waals surface area contributed by atoms with E-state index in [1.165, 1.54) is 29.5 Å². The molecule has 1 amide bonds. The summed E-state index contributed by atoms with van der Waals surface area (Å²) in [5.41, 5.74) is 7.56. The minimum atomic E-state index is -4.50. The Bertz CT molecular complexity index is 1010. The molecule has 0 fully saturated rings. The molecule has 4 nitrogen and oxygen atoms in total. The van der Waals surface area contributed by atoms with Crippen LogP contribution < -0.4 is 10.9 Å². The highest BCUT2D eigenvalue weighted by Crippen LogP contribution is 2.34. The number of rotatable bonds is 3. The number of aromatic nitrogens is 1. The van der Waals surface area contributed by atoms with Gasteiger partial charge in [0.25, 0.3) is 5.91 Å². The van der Waals surface area contributed by atoms with Gasteiger partial charge in [-0.15, -0.1) is 0 Å². The quantitative estimate of drug-likeness (QED) is 0.577. The number of aryl methyl sites for hydroxylation is 2. The Morgan fingerprint density at radius 3 is 2.63 bits per heavy atom. The van der Waals surface area contributed by atoms with Gasteiger partial charge in [0.2, 0.25) is 0 Å². The highest BCUT2D eigenvalue weighted by Gasteiger charge is 2.33. The number of fused-ring (bicyclic) bond motifs is 3. The van der Waals surface area contributed by atoms with Crippen molar-refractivity contribution in [2.45, 2.75) is 31.9 Å². The number of benzene rings is 2. The van der Waals surface area contributed by atoms with E-state index < -0.39 is 17.6 Å². The molecule has 0 aliphatic heterocycles. The molecule has 27 heavy (non-hydrogen) atoms. The van der Waals surface area contributed by atoms with E-state index in [9.17, 15) is 18.0 Å². The molecule has 140 valence electrons. The number of hydrazine groups is 1. The molecular weight excluding hydrogens is 355 g/mol. The van der Waals surface area contributed by atoms with Gasteiger partial charge >= 0.3 is 6.18 Å². The van der Waals surface area contributed by atoms with Gasteiger partial charge in [-0.3, -0.25) is 15.6 Å². The van der Waals surface area contributed by atoms with Gasteiger partial charge < -0.3 is 4.98 Å². The summed E-state index contributed by atoms with van der Waals surface area (Å²) in [5, 5.41) is 1.01. The van der Waals surface area contributed by atoms with Gasteiger partial charge in [0, 0.05) is 22.2 Å². The van der Waals surface area contributed by atoms with Crippen LogP contribution in [0.5, 0.6) is 0 Å². The predicted octanol–water partition coefficient (Wildman–Crippen LogP) is 4.82. The summed E-state index contributed by atoms with van der Waals surface area (Å²) in [5.74, 6) is -0.486. The minimum Gasteiger partial charge on any atom is -0.358 e. The molecule has 1 heterocycles. The van der Waals surface area contributed by atoms with Crippen molar-refractivity contribution in [3.63, 3.8) is 0 Å². The van der Waals surface area contributed by atoms with Gasteiger partial charge in [-0.2, -0.15) is 13.2 Å². The fourth-order valence-corrected chi connectivity index (χ4v) is 3.58. The molecule has 1 aromatic heterocycles. The molecule has 0 saturated carbocycles. The summed E-state index contributed by atoms with van der Waals surface area (Å²) >= 11 is 0. The van der Waals surface area contributed by atoms with Crippen LogP contribution >= 0.6 is 0 Å². The summed E-state index contributed by atoms with van der Waals surface area (Å²) < 4.78 is 39.1. The smallest absolute Gasteiger partial charge is 0.358 e. The SMILES string of the molecule is O=C(NNc1ccccc1C(F)(F)F)c1ccc2[nH]c3c(c2c1)CCCC3. The van der Waals surface area contributed by atoms with E-state index in [-0.39, 0.29) is 5.69 Å². The zero-order chi connectivity index (χ0) is 19.0. The second-order valence-corrected chi connectivity index (χ2v) is 6.67. The fraction of sp³-hybridized carbons (Fsp3) is 0.250. The molecule has 1 aliphatic rings. The normalized spacial score (nSPS) is 14.0. The molecule has 0 radical (unpaired) electrons. The van der Waals surface area contributed by atoms with Crippen LogP contribution in [0.4, 0.5) is 18.9 Å². The van der Waals surface area contributed by atoms with Crippen LogP contribution in [0, 0.1) is 0 Å². The number of alkyl halides is 3. The lowest BCUT2D eigenvalue weighted by Crippen LogP contribution is -2.30. The monoisotopic (exact) mass is 373 g/mol. The average molecular weight is 373 g/mol. The molecule has 1 aliphatic carbocycles. The number of hydrogen-bond donors (Lipinski definition) is 3. The first kappa shape index (κ1) is 17.5. The lowest BCUT2D eigenvalue weighted by molar-refractivity contribution is -0.137. The van der Waals surface area contributed by atoms with Crippen molar-refractivity contribution in [2.75, 3.05) is 5.43 Å². The first-order chi connectivity index (χ1) is 12.9. The average Bonchev–Trinajstić information content (AvgIpc) is 3.03. The third kappa shape index (κ3) is 3.37. The number of H-pyrrole nitrogens is 1. The number of amides is 1. The van der Waals surface area contributed by atoms with Gasteiger partial charge in [0.1, 0.15) is 0 Å². The summed E-state index contributed by atoms with van der Waals surface area (Å²) in [6.07, 6.45) is -0.266. The minimum absolute atomic E-state index is 0.196. The number of halogens is 3. The van der Waals surface area contributed by atoms with Gasteiger partial charge in [-0.05, 0) is 61.6 Å². The highest BCUT2D eigenvalue weighted by atomic mass is 19.4.